The largest absolute Gasteiger partial charge is 0.376 e. The number of para-hydroxylation sites is 3. The van der Waals surface area contributed by atoms with Crippen LogP contribution in [-0.2, 0) is 5.60 Å². The van der Waals surface area contributed by atoms with Gasteiger partial charge in [0.05, 0.1) is 0 Å². The van der Waals surface area contributed by atoms with E-state index < -0.39 is 5.60 Å². The minimum absolute atomic E-state index is 0.781. The number of anilines is 6. The second-order valence-corrected chi connectivity index (χ2v) is 9.92. The first-order valence-electron chi connectivity index (χ1n) is 13.7. The maximum Gasteiger partial charge on any atom is 0.140 e. The monoisotopic (exact) mass is 533 g/mol. The van der Waals surface area contributed by atoms with Gasteiger partial charge >= 0.3 is 0 Å². The first-order chi connectivity index (χ1) is 20.2. The van der Waals surface area contributed by atoms with Crippen LogP contribution < -0.4 is 16.0 Å². The molecular weight excluding hydrogens is 502 g/mol. The molecule has 6 aromatic carbocycles. The van der Waals surface area contributed by atoms with Crippen molar-refractivity contribution in [3.05, 3.63) is 180 Å². The molecule has 0 aliphatic carbocycles. The van der Waals surface area contributed by atoms with Gasteiger partial charge in [0, 0.05) is 34.1 Å². The Morgan fingerprint density at radius 1 is 0.293 bits per heavy atom. The van der Waals surface area contributed by atoms with Crippen molar-refractivity contribution in [3.8, 4) is 0 Å². The van der Waals surface area contributed by atoms with Gasteiger partial charge in [-0.05, 0) is 89.5 Å². The summed E-state index contributed by atoms with van der Waals surface area (Å²) in [7, 11) is 0. The summed E-state index contributed by atoms with van der Waals surface area (Å²) < 4.78 is 0. The standard InChI is InChI=1S/C37H31N3O/c41-37(28-16-22-34(23-17-28)38-31-10-4-1-5-11-31,29-18-24-35(25-19-29)39-32-12-6-2-7-13-32)30-20-26-36(27-21-30)40-33-14-8-3-9-15-33/h1-27,38-41H. The Labute approximate surface area is 241 Å². The number of nitrogens with one attached hydrogen (secondary N) is 3. The van der Waals surface area contributed by atoms with Gasteiger partial charge in [0.2, 0.25) is 0 Å². The average molecular weight is 534 g/mol. The summed E-state index contributed by atoms with van der Waals surface area (Å²) in [5, 5.41) is 22.8. The first-order valence-corrected chi connectivity index (χ1v) is 13.7. The molecule has 200 valence electrons. The van der Waals surface area contributed by atoms with E-state index >= 15 is 0 Å². The van der Waals surface area contributed by atoms with Crippen molar-refractivity contribution >= 4 is 34.1 Å². The van der Waals surface area contributed by atoms with Gasteiger partial charge < -0.3 is 21.1 Å². The Bertz CT molecular complexity index is 1460. The molecule has 4 heteroatoms. The first kappa shape index (κ1) is 25.9. The molecule has 4 N–H and O–H groups in total. The molecule has 6 aromatic rings. The van der Waals surface area contributed by atoms with Crippen LogP contribution in [0, 0.1) is 0 Å². The second kappa shape index (κ2) is 11.8. The smallest absolute Gasteiger partial charge is 0.140 e. The lowest BCUT2D eigenvalue weighted by Gasteiger charge is -2.31. The Balaban J connectivity index is 1.33. The molecule has 0 amide bonds. The van der Waals surface area contributed by atoms with E-state index in [1.807, 2.05) is 164 Å². The fourth-order valence-electron chi connectivity index (χ4n) is 4.95. The molecule has 0 aliphatic heterocycles. The van der Waals surface area contributed by atoms with Gasteiger partial charge in [-0.25, -0.2) is 0 Å². The molecule has 0 atom stereocenters. The van der Waals surface area contributed by atoms with Gasteiger partial charge in [0.25, 0.3) is 0 Å². The zero-order valence-corrected chi connectivity index (χ0v) is 22.5. The second-order valence-electron chi connectivity index (χ2n) is 9.92. The third kappa shape index (κ3) is 5.98. The van der Waals surface area contributed by atoms with Gasteiger partial charge in [-0.3, -0.25) is 0 Å². The maximum absolute atomic E-state index is 12.5. The van der Waals surface area contributed by atoms with E-state index in [1.165, 1.54) is 0 Å². The predicted octanol–water partition coefficient (Wildman–Crippen LogP) is 9.20. The Morgan fingerprint density at radius 3 is 0.756 bits per heavy atom. The van der Waals surface area contributed by atoms with Gasteiger partial charge in [-0.1, -0.05) is 91.0 Å². The summed E-state index contributed by atoms with van der Waals surface area (Å²) in [5.74, 6) is 0. The van der Waals surface area contributed by atoms with E-state index in [1.54, 1.807) is 0 Å². The SMILES string of the molecule is OC(c1ccc(Nc2ccccc2)cc1)(c1ccc(Nc2ccccc2)cc1)c1ccc(Nc2ccccc2)cc1. The molecule has 0 saturated heterocycles. The summed E-state index contributed by atoms with van der Waals surface area (Å²) in [6, 6.07) is 54.1. The summed E-state index contributed by atoms with van der Waals surface area (Å²) in [6.07, 6.45) is 0. The van der Waals surface area contributed by atoms with Gasteiger partial charge in [0.1, 0.15) is 5.60 Å². The molecule has 0 aromatic heterocycles. The third-order valence-electron chi connectivity index (χ3n) is 7.10. The fourth-order valence-corrected chi connectivity index (χ4v) is 4.95. The molecule has 0 fully saturated rings. The van der Waals surface area contributed by atoms with E-state index in [9.17, 15) is 5.11 Å². The molecule has 0 aliphatic rings. The van der Waals surface area contributed by atoms with Crippen LogP contribution in [0.5, 0.6) is 0 Å². The summed E-state index contributed by atoms with van der Waals surface area (Å²) in [6.45, 7) is 0. The summed E-state index contributed by atoms with van der Waals surface area (Å²) in [5.41, 5.74) is 6.87. The fraction of sp³-hybridized carbons (Fsp3) is 0.0270. The Morgan fingerprint density at radius 2 is 0.512 bits per heavy atom. The molecule has 0 bridgehead atoms. The highest BCUT2D eigenvalue weighted by Gasteiger charge is 2.34. The maximum atomic E-state index is 12.5. The van der Waals surface area contributed by atoms with E-state index in [4.69, 9.17) is 0 Å². The number of aliphatic hydroxyl groups is 1. The van der Waals surface area contributed by atoms with Crippen molar-refractivity contribution in [2.45, 2.75) is 5.60 Å². The van der Waals surface area contributed by atoms with Crippen LogP contribution in [0.1, 0.15) is 16.7 Å². The van der Waals surface area contributed by atoms with Gasteiger partial charge in [0.15, 0.2) is 0 Å². The van der Waals surface area contributed by atoms with Crippen LogP contribution in [0.3, 0.4) is 0 Å². The molecule has 0 heterocycles. The van der Waals surface area contributed by atoms with Crippen LogP contribution in [0.15, 0.2) is 164 Å². The lowest BCUT2D eigenvalue weighted by molar-refractivity contribution is 0.126. The molecule has 4 nitrogen and oxygen atoms in total. The molecular formula is C37H31N3O. The number of hydrogen-bond acceptors (Lipinski definition) is 4. The van der Waals surface area contributed by atoms with E-state index in [-0.39, 0.29) is 0 Å². The van der Waals surface area contributed by atoms with E-state index in [0.717, 1.165) is 50.8 Å². The minimum atomic E-state index is -1.36. The zero-order chi connectivity index (χ0) is 27.9. The normalized spacial score (nSPS) is 11.0. The van der Waals surface area contributed by atoms with Crippen LogP contribution in [-0.4, -0.2) is 5.11 Å². The topological polar surface area (TPSA) is 56.3 Å². The van der Waals surface area contributed by atoms with Crippen molar-refractivity contribution in [3.63, 3.8) is 0 Å². The summed E-state index contributed by atoms with van der Waals surface area (Å²) in [4.78, 5) is 0. The highest BCUT2D eigenvalue weighted by Crippen LogP contribution is 2.38. The van der Waals surface area contributed by atoms with Crippen LogP contribution >= 0.6 is 0 Å². The van der Waals surface area contributed by atoms with Crippen molar-refractivity contribution in [1.82, 2.24) is 0 Å². The number of hydrogen-bond donors (Lipinski definition) is 4. The molecule has 41 heavy (non-hydrogen) atoms. The average Bonchev–Trinajstić information content (AvgIpc) is 3.03. The van der Waals surface area contributed by atoms with Crippen molar-refractivity contribution in [2.24, 2.45) is 0 Å². The molecule has 0 unspecified atom stereocenters. The van der Waals surface area contributed by atoms with Crippen molar-refractivity contribution < 1.29 is 5.11 Å². The van der Waals surface area contributed by atoms with Crippen LogP contribution in [0.4, 0.5) is 34.1 Å². The predicted molar refractivity (Wildman–Crippen MR) is 171 cm³/mol. The number of rotatable bonds is 9. The van der Waals surface area contributed by atoms with Crippen molar-refractivity contribution in [1.29, 1.82) is 0 Å². The van der Waals surface area contributed by atoms with E-state index in [0.29, 0.717) is 0 Å². The molecule has 0 radical (unpaired) electrons. The van der Waals surface area contributed by atoms with E-state index in [2.05, 4.69) is 16.0 Å². The highest BCUT2D eigenvalue weighted by atomic mass is 16.3. The molecule has 0 spiro atoms. The lowest BCUT2D eigenvalue weighted by atomic mass is 9.80. The van der Waals surface area contributed by atoms with Crippen LogP contribution in [0.25, 0.3) is 0 Å². The van der Waals surface area contributed by atoms with Gasteiger partial charge in [-0.2, -0.15) is 0 Å². The molecule has 0 saturated carbocycles. The molecule has 6 rings (SSSR count). The Kier molecular flexibility index (Phi) is 7.48. The number of benzene rings is 6. The summed E-state index contributed by atoms with van der Waals surface area (Å²) >= 11 is 0. The lowest BCUT2D eigenvalue weighted by Crippen LogP contribution is -2.28. The zero-order valence-electron chi connectivity index (χ0n) is 22.5. The van der Waals surface area contributed by atoms with Gasteiger partial charge in [-0.15, -0.1) is 0 Å². The van der Waals surface area contributed by atoms with Crippen molar-refractivity contribution in [2.75, 3.05) is 16.0 Å². The highest BCUT2D eigenvalue weighted by molar-refractivity contribution is 5.64. The quantitative estimate of drug-likeness (QED) is 0.140. The minimum Gasteiger partial charge on any atom is -0.376 e. The Hall–Kier alpha value is -5.32. The van der Waals surface area contributed by atoms with Crippen LogP contribution in [0.2, 0.25) is 0 Å². The third-order valence-corrected chi connectivity index (χ3v) is 7.10.